The molecule has 66 valence electrons. The molecule has 1 amide bonds. The van der Waals surface area contributed by atoms with Crippen LogP contribution in [0.25, 0.3) is 0 Å². The average molecular weight is 166 g/mol. The first-order chi connectivity index (χ1) is 5.70. The highest BCUT2D eigenvalue weighted by Gasteiger charge is 1.92. The summed E-state index contributed by atoms with van der Waals surface area (Å²) < 4.78 is 0. The number of amides is 1. The van der Waals surface area contributed by atoms with E-state index in [1.54, 1.807) is 6.20 Å². The highest BCUT2D eigenvalue weighted by atomic mass is 16.1. The van der Waals surface area contributed by atoms with Crippen LogP contribution in [0.15, 0.2) is 28.9 Å². The lowest BCUT2D eigenvalue weighted by atomic mass is 10.2. The van der Waals surface area contributed by atoms with Crippen LogP contribution in [0, 0.1) is 0 Å². The molecule has 0 aliphatic carbocycles. The summed E-state index contributed by atoms with van der Waals surface area (Å²) in [6.07, 6.45) is 5.32. The fraction of sp³-hybridized carbons (Fsp3) is 0.333. The number of nitrogens with zero attached hydrogens (tertiary/aromatic N) is 1. The Morgan fingerprint density at radius 3 is 2.75 bits per heavy atom. The molecule has 0 fully saturated rings. The van der Waals surface area contributed by atoms with Crippen molar-refractivity contribution in [1.82, 2.24) is 5.32 Å². The third-order valence-electron chi connectivity index (χ3n) is 1.31. The average Bonchev–Trinajstić information content (AvgIpc) is 2.05. The minimum absolute atomic E-state index is 0.0330. The van der Waals surface area contributed by atoms with Crippen molar-refractivity contribution in [3.05, 3.63) is 23.9 Å². The van der Waals surface area contributed by atoms with Crippen LogP contribution in [0.3, 0.4) is 0 Å². The van der Waals surface area contributed by atoms with Crippen molar-refractivity contribution in [2.75, 3.05) is 6.54 Å². The summed E-state index contributed by atoms with van der Waals surface area (Å²) in [5.41, 5.74) is 1.01. The van der Waals surface area contributed by atoms with E-state index in [9.17, 15) is 4.79 Å². The van der Waals surface area contributed by atoms with Crippen molar-refractivity contribution in [2.45, 2.75) is 13.8 Å². The third kappa shape index (κ3) is 5.41. The van der Waals surface area contributed by atoms with E-state index in [2.05, 4.69) is 17.0 Å². The van der Waals surface area contributed by atoms with Crippen molar-refractivity contribution in [2.24, 2.45) is 4.99 Å². The van der Waals surface area contributed by atoms with E-state index in [4.69, 9.17) is 0 Å². The van der Waals surface area contributed by atoms with Crippen molar-refractivity contribution in [3.8, 4) is 0 Å². The van der Waals surface area contributed by atoms with Gasteiger partial charge in [0.25, 0.3) is 0 Å². The van der Waals surface area contributed by atoms with Crippen LogP contribution >= 0.6 is 0 Å². The molecule has 0 atom stereocenters. The van der Waals surface area contributed by atoms with E-state index in [0.717, 1.165) is 5.57 Å². The van der Waals surface area contributed by atoms with Gasteiger partial charge in [0.05, 0.1) is 0 Å². The van der Waals surface area contributed by atoms with E-state index >= 15 is 0 Å². The molecular weight excluding hydrogens is 152 g/mol. The van der Waals surface area contributed by atoms with Crippen LogP contribution < -0.4 is 5.32 Å². The van der Waals surface area contributed by atoms with Gasteiger partial charge in [-0.25, -0.2) is 0 Å². The maximum absolute atomic E-state index is 10.5. The molecule has 0 spiro atoms. The van der Waals surface area contributed by atoms with Crippen molar-refractivity contribution in [3.63, 3.8) is 0 Å². The molecule has 3 nitrogen and oxygen atoms in total. The molecule has 0 saturated carbocycles. The molecule has 0 aliphatic rings. The van der Waals surface area contributed by atoms with Gasteiger partial charge in [0.1, 0.15) is 0 Å². The molecule has 0 aliphatic heterocycles. The minimum Gasteiger partial charge on any atom is -0.352 e. The number of carbonyl (C=O) groups is 1. The zero-order valence-corrected chi connectivity index (χ0v) is 7.50. The Balaban J connectivity index is 3.93. The Morgan fingerprint density at radius 1 is 1.67 bits per heavy atom. The first kappa shape index (κ1) is 10.6. The Labute approximate surface area is 72.9 Å². The Bertz CT molecular complexity index is 217. The van der Waals surface area contributed by atoms with E-state index in [0.29, 0.717) is 6.54 Å². The van der Waals surface area contributed by atoms with Gasteiger partial charge in [-0.2, -0.15) is 0 Å². The van der Waals surface area contributed by atoms with Gasteiger partial charge >= 0.3 is 0 Å². The minimum atomic E-state index is -0.0330. The van der Waals surface area contributed by atoms with E-state index in [1.165, 1.54) is 6.92 Å². The topological polar surface area (TPSA) is 41.5 Å². The fourth-order valence-electron chi connectivity index (χ4n) is 0.632. The third-order valence-corrected chi connectivity index (χ3v) is 1.31. The van der Waals surface area contributed by atoms with Gasteiger partial charge in [-0.1, -0.05) is 6.08 Å². The second-order valence-corrected chi connectivity index (χ2v) is 2.27. The zero-order valence-electron chi connectivity index (χ0n) is 7.50. The maximum Gasteiger partial charge on any atom is 0.217 e. The number of carbonyl (C=O) groups excluding carboxylic acids is 1. The standard InChI is InChI=1S/C9H14N2O/c1-4-9(5-6-10-3)7-11-8(2)12/h4-6H,3,7H2,1-2H3,(H,11,12)/b6-5-,9-4+. The van der Waals surface area contributed by atoms with Gasteiger partial charge in [-0.05, 0) is 25.3 Å². The molecule has 0 aromatic rings. The molecule has 0 aromatic heterocycles. The number of hydrogen-bond acceptors (Lipinski definition) is 2. The van der Waals surface area contributed by atoms with Gasteiger partial charge in [0, 0.05) is 19.7 Å². The van der Waals surface area contributed by atoms with Crippen molar-refractivity contribution in [1.29, 1.82) is 0 Å². The highest BCUT2D eigenvalue weighted by Crippen LogP contribution is 1.94. The van der Waals surface area contributed by atoms with Crippen molar-refractivity contribution >= 4 is 12.6 Å². The molecule has 0 heterocycles. The molecule has 0 rings (SSSR count). The number of rotatable bonds is 4. The summed E-state index contributed by atoms with van der Waals surface area (Å²) in [6, 6.07) is 0. The summed E-state index contributed by atoms with van der Waals surface area (Å²) in [7, 11) is 0. The zero-order chi connectivity index (χ0) is 9.40. The Hall–Kier alpha value is -1.38. The lowest BCUT2D eigenvalue weighted by Crippen LogP contribution is -2.21. The Kier molecular flexibility index (Phi) is 5.61. The van der Waals surface area contributed by atoms with E-state index < -0.39 is 0 Å². The summed E-state index contributed by atoms with van der Waals surface area (Å²) in [5.74, 6) is -0.0330. The molecular formula is C9H14N2O. The molecule has 0 bridgehead atoms. The quantitative estimate of drug-likeness (QED) is 0.496. The Morgan fingerprint density at radius 2 is 2.33 bits per heavy atom. The second kappa shape index (κ2) is 6.34. The number of hydrogen-bond donors (Lipinski definition) is 1. The van der Waals surface area contributed by atoms with Gasteiger partial charge in [-0.15, -0.1) is 0 Å². The summed E-state index contributed by atoms with van der Waals surface area (Å²) in [4.78, 5) is 14.1. The molecule has 12 heavy (non-hydrogen) atoms. The second-order valence-electron chi connectivity index (χ2n) is 2.27. The lowest BCUT2D eigenvalue weighted by Gasteiger charge is -2.00. The monoisotopic (exact) mass is 166 g/mol. The van der Waals surface area contributed by atoms with Crippen LogP contribution in [0.5, 0.6) is 0 Å². The smallest absolute Gasteiger partial charge is 0.217 e. The van der Waals surface area contributed by atoms with Crippen LogP contribution in [0.1, 0.15) is 13.8 Å². The SMILES string of the molecule is C=N/C=C\C(=C/C)CNC(C)=O. The fourth-order valence-corrected chi connectivity index (χ4v) is 0.632. The largest absolute Gasteiger partial charge is 0.352 e. The van der Waals surface area contributed by atoms with Gasteiger partial charge in [0.2, 0.25) is 5.91 Å². The van der Waals surface area contributed by atoms with Crippen LogP contribution in [-0.2, 0) is 4.79 Å². The molecule has 0 saturated heterocycles. The van der Waals surface area contributed by atoms with Gasteiger partial charge in [0.15, 0.2) is 0 Å². The highest BCUT2D eigenvalue weighted by molar-refractivity contribution is 5.73. The van der Waals surface area contributed by atoms with Crippen LogP contribution in [0.4, 0.5) is 0 Å². The summed E-state index contributed by atoms with van der Waals surface area (Å²) >= 11 is 0. The molecule has 0 aromatic carbocycles. The lowest BCUT2D eigenvalue weighted by molar-refractivity contribution is -0.118. The van der Waals surface area contributed by atoms with Crippen LogP contribution in [-0.4, -0.2) is 19.2 Å². The first-order valence-electron chi connectivity index (χ1n) is 3.72. The normalized spacial score (nSPS) is 11.7. The number of allylic oxidation sites excluding steroid dienone is 1. The van der Waals surface area contributed by atoms with Crippen LogP contribution in [0.2, 0.25) is 0 Å². The predicted molar refractivity (Wildman–Crippen MR) is 51.1 cm³/mol. The molecule has 3 heteroatoms. The van der Waals surface area contributed by atoms with E-state index in [1.807, 2.05) is 19.1 Å². The molecule has 0 unspecified atom stereocenters. The van der Waals surface area contributed by atoms with Crippen molar-refractivity contribution < 1.29 is 4.79 Å². The predicted octanol–water partition coefficient (Wildman–Crippen LogP) is 1.28. The number of aliphatic imine (C=N–C) groups is 1. The molecule has 1 N–H and O–H groups in total. The van der Waals surface area contributed by atoms with Gasteiger partial charge in [-0.3, -0.25) is 9.79 Å². The number of nitrogens with one attached hydrogen (secondary N) is 1. The summed E-state index contributed by atoms with van der Waals surface area (Å²) in [6.45, 7) is 7.25. The van der Waals surface area contributed by atoms with Gasteiger partial charge < -0.3 is 5.32 Å². The first-order valence-corrected chi connectivity index (χ1v) is 3.72. The summed E-state index contributed by atoms with van der Waals surface area (Å²) in [5, 5.41) is 2.68. The molecule has 0 radical (unpaired) electrons. The maximum atomic E-state index is 10.5. The van der Waals surface area contributed by atoms with E-state index in [-0.39, 0.29) is 5.91 Å².